The highest BCUT2D eigenvalue weighted by atomic mass is 16.5. The fourth-order valence-electron chi connectivity index (χ4n) is 3.32. The average Bonchev–Trinajstić information content (AvgIpc) is 2.61. The van der Waals surface area contributed by atoms with Crippen LogP contribution in [0.15, 0.2) is 42.5 Å². The third-order valence-corrected chi connectivity index (χ3v) is 4.87. The van der Waals surface area contributed by atoms with E-state index in [1.165, 1.54) is 16.0 Å². The first kappa shape index (κ1) is 16.5. The second-order valence-corrected chi connectivity index (χ2v) is 6.52. The van der Waals surface area contributed by atoms with Gasteiger partial charge in [0.2, 0.25) is 0 Å². The Morgan fingerprint density at radius 3 is 2.71 bits per heavy atom. The molecule has 0 bridgehead atoms. The number of aryl methyl sites for hydroxylation is 1. The van der Waals surface area contributed by atoms with Crippen LogP contribution in [0.3, 0.4) is 0 Å². The summed E-state index contributed by atoms with van der Waals surface area (Å²) in [5.41, 5.74) is 4.60. The molecule has 0 aromatic heterocycles. The number of methoxy groups -OCH3 is 1. The molecule has 0 fully saturated rings. The number of benzene rings is 2. The molecule has 2 aromatic rings. The third kappa shape index (κ3) is 3.44. The first-order valence-electron chi connectivity index (χ1n) is 8.45. The van der Waals surface area contributed by atoms with Gasteiger partial charge in [-0.05, 0) is 37.1 Å². The SMILES string of the molecule is COc1ccc(C)cc1NC(=O)[C@H](C)[NH+]1CCc2ccccc2C1. The Kier molecular flexibility index (Phi) is 4.86. The molecule has 2 N–H and O–H groups in total. The molecule has 3 rings (SSSR count). The van der Waals surface area contributed by atoms with Crippen molar-refractivity contribution in [1.29, 1.82) is 0 Å². The summed E-state index contributed by atoms with van der Waals surface area (Å²) >= 11 is 0. The Labute approximate surface area is 143 Å². The van der Waals surface area contributed by atoms with E-state index in [2.05, 4.69) is 29.6 Å². The second kappa shape index (κ2) is 7.05. The van der Waals surface area contributed by atoms with Gasteiger partial charge in [0, 0.05) is 12.0 Å². The topological polar surface area (TPSA) is 42.8 Å². The van der Waals surface area contributed by atoms with Gasteiger partial charge in [-0.25, -0.2) is 0 Å². The van der Waals surface area contributed by atoms with Crippen LogP contribution in [-0.2, 0) is 17.8 Å². The molecule has 24 heavy (non-hydrogen) atoms. The summed E-state index contributed by atoms with van der Waals surface area (Å²) in [5, 5.41) is 3.04. The highest BCUT2D eigenvalue weighted by Crippen LogP contribution is 2.25. The molecular weight excluding hydrogens is 300 g/mol. The maximum Gasteiger partial charge on any atom is 0.282 e. The molecule has 0 spiro atoms. The molecule has 126 valence electrons. The largest absolute Gasteiger partial charge is 0.495 e. The van der Waals surface area contributed by atoms with Gasteiger partial charge in [-0.3, -0.25) is 4.79 Å². The molecule has 4 heteroatoms. The smallest absolute Gasteiger partial charge is 0.282 e. The molecule has 2 atom stereocenters. The molecule has 1 heterocycles. The van der Waals surface area contributed by atoms with Gasteiger partial charge in [0.05, 0.1) is 19.3 Å². The average molecular weight is 325 g/mol. The number of rotatable bonds is 4. The van der Waals surface area contributed by atoms with E-state index in [1.54, 1.807) is 7.11 Å². The van der Waals surface area contributed by atoms with Crippen molar-refractivity contribution in [1.82, 2.24) is 0 Å². The summed E-state index contributed by atoms with van der Waals surface area (Å²) < 4.78 is 5.35. The number of carbonyl (C=O) groups excluding carboxylic acids is 1. The highest BCUT2D eigenvalue weighted by Gasteiger charge is 2.29. The number of quaternary nitrogens is 1. The van der Waals surface area contributed by atoms with E-state index in [-0.39, 0.29) is 11.9 Å². The molecular formula is C20H25N2O2+. The van der Waals surface area contributed by atoms with Crippen molar-refractivity contribution in [2.24, 2.45) is 0 Å². The summed E-state index contributed by atoms with van der Waals surface area (Å²) in [6, 6.07) is 14.2. The molecule has 0 aliphatic carbocycles. The van der Waals surface area contributed by atoms with Crippen molar-refractivity contribution in [2.75, 3.05) is 19.0 Å². The van der Waals surface area contributed by atoms with Crippen LogP contribution in [0.2, 0.25) is 0 Å². The van der Waals surface area contributed by atoms with E-state index in [0.29, 0.717) is 5.75 Å². The third-order valence-electron chi connectivity index (χ3n) is 4.87. The zero-order chi connectivity index (χ0) is 17.1. The Hall–Kier alpha value is -2.33. The normalized spacial score (nSPS) is 17.7. The lowest BCUT2D eigenvalue weighted by Crippen LogP contribution is -3.16. The number of hydrogen-bond donors (Lipinski definition) is 2. The van der Waals surface area contributed by atoms with Crippen molar-refractivity contribution in [3.05, 3.63) is 59.2 Å². The Morgan fingerprint density at radius 1 is 1.21 bits per heavy atom. The van der Waals surface area contributed by atoms with E-state index in [1.807, 2.05) is 32.0 Å². The molecule has 4 nitrogen and oxygen atoms in total. The summed E-state index contributed by atoms with van der Waals surface area (Å²) in [5.74, 6) is 0.730. The Balaban J connectivity index is 1.71. The fourth-order valence-corrected chi connectivity index (χ4v) is 3.32. The quantitative estimate of drug-likeness (QED) is 0.903. The van der Waals surface area contributed by atoms with Gasteiger partial charge in [-0.1, -0.05) is 30.3 Å². The Bertz CT molecular complexity index is 742. The predicted octanol–water partition coefficient (Wildman–Crippen LogP) is 1.97. The maximum atomic E-state index is 12.7. The van der Waals surface area contributed by atoms with E-state index >= 15 is 0 Å². The zero-order valence-corrected chi connectivity index (χ0v) is 14.6. The molecule has 0 saturated heterocycles. The van der Waals surface area contributed by atoms with Gasteiger partial charge in [0.1, 0.15) is 12.3 Å². The molecule has 0 radical (unpaired) electrons. The molecule has 1 aliphatic rings. The number of hydrogen-bond acceptors (Lipinski definition) is 2. The molecule has 1 aliphatic heterocycles. The summed E-state index contributed by atoms with van der Waals surface area (Å²) in [4.78, 5) is 14.0. The predicted molar refractivity (Wildman–Crippen MR) is 95.5 cm³/mol. The van der Waals surface area contributed by atoms with Crippen molar-refractivity contribution < 1.29 is 14.4 Å². The summed E-state index contributed by atoms with van der Waals surface area (Å²) in [7, 11) is 1.62. The molecule has 2 aromatic carbocycles. The minimum atomic E-state index is -0.108. The number of anilines is 1. The van der Waals surface area contributed by atoms with Crippen molar-refractivity contribution in [3.63, 3.8) is 0 Å². The molecule has 1 unspecified atom stereocenters. The summed E-state index contributed by atoms with van der Waals surface area (Å²) in [6.45, 7) is 5.89. The molecule has 1 amide bonds. The number of amides is 1. The van der Waals surface area contributed by atoms with Crippen LogP contribution in [0.5, 0.6) is 5.75 Å². The van der Waals surface area contributed by atoms with Crippen LogP contribution in [0.25, 0.3) is 0 Å². The van der Waals surface area contributed by atoms with E-state index in [9.17, 15) is 4.79 Å². The Morgan fingerprint density at radius 2 is 1.96 bits per heavy atom. The first-order valence-corrected chi connectivity index (χ1v) is 8.45. The van der Waals surface area contributed by atoms with Crippen LogP contribution in [-0.4, -0.2) is 25.6 Å². The standard InChI is InChI=1S/C20H24N2O2/c1-14-8-9-19(24-3)18(12-14)21-20(23)15(2)22-11-10-16-6-4-5-7-17(16)13-22/h4-9,12,15H,10-11,13H2,1-3H3,(H,21,23)/p+1/t15-/m0/s1. The summed E-state index contributed by atoms with van der Waals surface area (Å²) in [6.07, 6.45) is 1.02. The minimum Gasteiger partial charge on any atom is -0.495 e. The molecule has 0 saturated carbocycles. The van der Waals surface area contributed by atoms with Crippen LogP contribution in [0, 0.1) is 6.92 Å². The van der Waals surface area contributed by atoms with Gasteiger partial charge in [-0.15, -0.1) is 0 Å². The second-order valence-electron chi connectivity index (χ2n) is 6.52. The van der Waals surface area contributed by atoms with Gasteiger partial charge in [0.15, 0.2) is 6.04 Å². The lowest BCUT2D eigenvalue weighted by Gasteiger charge is -2.30. The monoisotopic (exact) mass is 325 g/mol. The van der Waals surface area contributed by atoms with E-state index in [0.717, 1.165) is 30.8 Å². The number of carbonyl (C=O) groups is 1. The van der Waals surface area contributed by atoms with Crippen LogP contribution < -0.4 is 15.0 Å². The van der Waals surface area contributed by atoms with Gasteiger partial charge in [0.25, 0.3) is 5.91 Å². The van der Waals surface area contributed by atoms with Crippen molar-refractivity contribution in [2.45, 2.75) is 32.9 Å². The van der Waals surface area contributed by atoms with Gasteiger partial charge < -0.3 is 15.0 Å². The van der Waals surface area contributed by atoms with Crippen molar-refractivity contribution in [3.8, 4) is 5.75 Å². The van der Waals surface area contributed by atoms with Crippen LogP contribution in [0.4, 0.5) is 5.69 Å². The van der Waals surface area contributed by atoms with Crippen LogP contribution in [0.1, 0.15) is 23.6 Å². The number of nitrogens with one attached hydrogen (secondary N) is 2. The van der Waals surface area contributed by atoms with Crippen molar-refractivity contribution >= 4 is 11.6 Å². The van der Waals surface area contributed by atoms with Gasteiger partial charge in [-0.2, -0.15) is 0 Å². The lowest BCUT2D eigenvalue weighted by atomic mass is 9.99. The van der Waals surface area contributed by atoms with E-state index in [4.69, 9.17) is 4.74 Å². The zero-order valence-electron chi connectivity index (χ0n) is 14.6. The maximum absolute atomic E-state index is 12.7. The first-order chi connectivity index (χ1) is 11.6. The van der Waals surface area contributed by atoms with E-state index < -0.39 is 0 Å². The number of ether oxygens (including phenoxy) is 1. The highest BCUT2D eigenvalue weighted by molar-refractivity contribution is 5.95. The lowest BCUT2D eigenvalue weighted by molar-refractivity contribution is -0.929. The minimum absolute atomic E-state index is 0.0354. The van der Waals surface area contributed by atoms with Crippen LogP contribution >= 0.6 is 0 Å². The number of fused-ring (bicyclic) bond motifs is 1. The van der Waals surface area contributed by atoms with Gasteiger partial charge >= 0.3 is 0 Å². The fraction of sp³-hybridized carbons (Fsp3) is 0.350.